The van der Waals surface area contributed by atoms with Gasteiger partial charge in [-0.3, -0.25) is 4.18 Å². The van der Waals surface area contributed by atoms with Crippen molar-refractivity contribution in [3.63, 3.8) is 0 Å². The van der Waals surface area contributed by atoms with Crippen LogP contribution in [-0.4, -0.2) is 25.6 Å². The van der Waals surface area contributed by atoms with Gasteiger partial charge in [0, 0.05) is 1.37 Å². The topological polar surface area (TPSA) is 63.6 Å². The Morgan fingerprint density at radius 2 is 2.44 bits per heavy atom. The number of hydrogen-bond donors (Lipinski definition) is 1. The van der Waals surface area contributed by atoms with Crippen molar-refractivity contribution in [1.82, 2.24) is 0 Å². The zero-order valence-electron chi connectivity index (χ0n) is 6.07. The highest BCUT2D eigenvalue weighted by atomic mass is 32.2. The average molecular weight is 155 g/mol. The highest BCUT2D eigenvalue weighted by Gasteiger charge is 2.16. The molecule has 9 heavy (non-hydrogen) atoms. The molecule has 56 valence electrons. The highest BCUT2D eigenvalue weighted by Crippen LogP contribution is 1.98. The standard InChI is InChI=1S/C4H10O4S/c1-3-8-9(6,7)4(2)5/h4-5H,3H2,1-2H3/i1D. The Morgan fingerprint density at radius 1 is 1.89 bits per heavy atom. The van der Waals surface area contributed by atoms with Crippen LogP contribution in [0.4, 0.5) is 0 Å². The summed E-state index contributed by atoms with van der Waals surface area (Å²) in [6.07, 6.45) is 0. The van der Waals surface area contributed by atoms with Crippen LogP contribution in [-0.2, 0) is 14.3 Å². The van der Waals surface area contributed by atoms with Crippen molar-refractivity contribution in [3.8, 4) is 0 Å². The van der Waals surface area contributed by atoms with E-state index in [0.717, 1.165) is 6.92 Å². The molecule has 0 saturated heterocycles. The van der Waals surface area contributed by atoms with Crippen LogP contribution >= 0.6 is 0 Å². The first-order valence-corrected chi connectivity index (χ1v) is 3.83. The first-order valence-electron chi connectivity index (χ1n) is 3.07. The van der Waals surface area contributed by atoms with Crippen LogP contribution in [0.3, 0.4) is 0 Å². The first kappa shape index (κ1) is 6.98. The Hall–Kier alpha value is -0.130. The van der Waals surface area contributed by atoms with E-state index in [0.29, 0.717) is 0 Å². The lowest BCUT2D eigenvalue weighted by molar-refractivity contribution is 0.230. The molecule has 1 unspecified atom stereocenters. The fourth-order valence-corrected chi connectivity index (χ4v) is 0.644. The van der Waals surface area contributed by atoms with Gasteiger partial charge in [0.25, 0.3) is 10.1 Å². The van der Waals surface area contributed by atoms with Crippen molar-refractivity contribution in [1.29, 1.82) is 0 Å². The van der Waals surface area contributed by atoms with Gasteiger partial charge in [0.1, 0.15) is 0 Å². The van der Waals surface area contributed by atoms with Gasteiger partial charge < -0.3 is 5.11 Å². The minimum Gasteiger partial charge on any atom is -0.375 e. The summed E-state index contributed by atoms with van der Waals surface area (Å²) in [6.45, 7) is 0.762. The highest BCUT2D eigenvalue weighted by molar-refractivity contribution is 7.87. The van der Waals surface area contributed by atoms with Crippen LogP contribution < -0.4 is 0 Å². The van der Waals surface area contributed by atoms with Crippen molar-refractivity contribution < 1.29 is 19.1 Å². The maximum absolute atomic E-state index is 10.5. The summed E-state index contributed by atoms with van der Waals surface area (Å²) >= 11 is 0. The minimum atomic E-state index is -3.82. The molecule has 5 heteroatoms. The average Bonchev–Trinajstić information content (AvgIpc) is 1.84. The smallest absolute Gasteiger partial charge is 0.294 e. The molecule has 0 amide bonds. The van der Waals surface area contributed by atoms with Gasteiger partial charge in [0.05, 0.1) is 6.61 Å². The lowest BCUT2D eigenvalue weighted by Gasteiger charge is -2.03. The van der Waals surface area contributed by atoms with Gasteiger partial charge in [0.15, 0.2) is 5.44 Å². The Morgan fingerprint density at radius 3 is 2.78 bits per heavy atom. The Bertz CT molecular complexity index is 174. The normalized spacial score (nSPS) is 16.9. The second-order valence-corrected chi connectivity index (χ2v) is 3.32. The molecule has 0 spiro atoms. The molecule has 0 aromatic carbocycles. The Kier molecular flexibility index (Phi) is 2.44. The third-order valence-electron chi connectivity index (χ3n) is 0.665. The molecule has 0 aromatic heterocycles. The summed E-state index contributed by atoms with van der Waals surface area (Å²) in [6, 6.07) is 0. The molecule has 0 aromatic rings. The zero-order valence-corrected chi connectivity index (χ0v) is 5.89. The summed E-state index contributed by atoms with van der Waals surface area (Å²) in [5.41, 5.74) is -1.51. The van der Waals surface area contributed by atoms with Crippen LogP contribution in [0.1, 0.15) is 15.2 Å². The molecular formula is C4H10O4S. The second kappa shape index (κ2) is 3.14. The van der Waals surface area contributed by atoms with Crippen molar-refractivity contribution in [2.45, 2.75) is 19.3 Å². The van der Waals surface area contributed by atoms with Crippen LogP contribution in [0.25, 0.3) is 0 Å². The largest absolute Gasteiger partial charge is 0.375 e. The molecule has 1 atom stereocenters. The van der Waals surface area contributed by atoms with Gasteiger partial charge in [-0.1, -0.05) is 0 Å². The maximum Gasteiger partial charge on any atom is 0.294 e. The van der Waals surface area contributed by atoms with Gasteiger partial charge in [-0.2, -0.15) is 8.42 Å². The van der Waals surface area contributed by atoms with Gasteiger partial charge in [-0.05, 0) is 13.8 Å². The van der Waals surface area contributed by atoms with Crippen LogP contribution in [0, 0.1) is 0 Å². The number of aliphatic hydroxyl groups is 1. The molecule has 0 aliphatic heterocycles. The fourth-order valence-electron chi connectivity index (χ4n) is 0.215. The molecule has 0 radical (unpaired) electrons. The minimum absolute atomic E-state index is 0.133. The van der Waals surface area contributed by atoms with Crippen molar-refractivity contribution >= 4 is 10.1 Å². The van der Waals surface area contributed by atoms with E-state index in [9.17, 15) is 8.42 Å². The lowest BCUT2D eigenvalue weighted by Crippen LogP contribution is -2.19. The molecule has 0 fully saturated rings. The summed E-state index contributed by atoms with van der Waals surface area (Å²) in [7, 11) is -3.82. The van der Waals surface area contributed by atoms with E-state index >= 15 is 0 Å². The molecule has 1 N–H and O–H groups in total. The SMILES string of the molecule is [2H]CCOS(=O)(=O)C(C)O. The summed E-state index contributed by atoms with van der Waals surface area (Å²) in [4.78, 5) is 0. The monoisotopic (exact) mass is 155 g/mol. The molecule has 0 aliphatic rings. The quantitative estimate of drug-likeness (QED) is 0.568. The van der Waals surface area contributed by atoms with E-state index in [4.69, 9.17) is 6.48 Å². The predicted molar refractivity (Wildman–Crippen MR) is 32.2 cm³/mol. The molecule has 0 rings (SSSR count). The first-order chi connectivity index (χ1) is 4.50. The van der Waals surface area contributed by atoms with Gasteiger partial charge in [-0.25, -0.2) is 0 Å². The van der Waals surface area contributed by atoms with Gasteiger partial charge in [0.2, 0.25) is 0 Å². The van der Waals surface area contributed by atoms with E-state index in [1.54, 1.807) is 0 Å². The van der Waals surface area contributed by atoms with Crippen LogP contribution in [0.15, 0.2) is 0 Å². The van der Waals surface area contributed by atoms with Crippen molar-refractivity contribution in [3.05, 3.63) is 0 Å². The molecule has 4 nitrogen and oxygen atoms in total. The summed E-state index contributed by atoms with van der Waals surface area (Å²) in [5.74, 6) is 0. The van der Waals surface area contributed by atoms with E-state index in [1.165, 1.54) is 0 Å². The van der Waals surface area contributed by atoms with Crippen LogP contribution in [0.5, 0.6) is 0 Å². The van der Waals surface area contributed by atoms with Crippen molar-refractivity contribution in [2.75, 3.05) is 6.61 Å². The van der Waals surface area contributed by atoms with E-state index in [1.807, 2.05) is 0 Å². The molecule has 0 bridgehead atoms. The predicted octanol–water partition coefficient (Wildman–Crippen LogP) is -0.309. The Labute approximate surface area is 56.0 Å². The molecule has 0 aliphatic carbocycles. The number of hydrogen-bond acceptors (Lipinski definition) is 4. The number of aliphatic hydroxyl groups excluding tert-OH is 1. The zero-order chi connectivity index (χ0) is 8.20. The van der Waals surface area contributed by atoms with Gasteiger partial charge >= 0.3 is 0 Å². The van der Waals surface area contributed by atoms with E-state index in [2.05, 4.69) is 4.18 Å². The summed E-state index contributed by atoms with van der Waals surface area (Å²) < 4.78 is 31.8. The van der Waals surface area contributed by atoms with Crippen LogP contribution in [0.2, 0.25) is 0 Å². The second-order valence-electron chi connectivity index (χ2n) is 1.41. The van der Waals surface area contributed by atoms with E-state index in [-0.39, 0.29) is 13.5 Å². The van der Waals surface area contributed by atoms with E-state index < -0.39 is 15.6 Å². The van der Waals surface area contributed by atoms with Gasteiger partial charge in [-0.15, -0.1) is 0 Å². The third kappa shape index (κ3) is 2.78. The third-order valence-corrected chi connectivity index (χ3v) is 2.00. The molecule has 0 saturated carbocycles. The number of rotatable bonds is 3. The Balaban J connectivity index is 3.90. The lowest BCUT2D eigenvalue weighted by atomic mass is 10.9. The molecule has 0 heterocycles. The summed E-state index contributed by atoms with van der Waals surface area (Å²) in [5, 5.41) is 8.53. The van der Waals surface area contributed by atoms with Crippen molar-refractivity contribution in [2.24, 2.45) is 0 Å². The maximum atomic E-state index is 10.5. The molecular weight excluding hydrogens is 144 g/mol. The fraction of sp³-hybridized carbons (Fsp3) is 1.00.